The van der Waals surface area contributed by atoms with Crippen LogP contribution >= 0.6 is 11.6 Å². The van der Waals surface area contributed by atoms with Gasteiger partial charge in [-0.2, -0.15) is 0 Å². The topological polar surface area (TPSA) is 89.4 Å². The first-order valence-corrected chi connectivity index (χ1v) is 8.55. The largest absolute Gasteiger partial charge is 0.385 e. The van der Waals surface area contributed by atoms with Crippen molar-refractivity contribution in [3.63, 3.8) is 0 Å². The van der Waals surface area contributed by atoms with Gasteiger partial charge in [0.2, 0.25) is 5.91 Å². The van der Waals surface area contributed by atoms with E-state index in [1.807, 2.05) is 19.1 Å². The zero-order valence-electron chi connectivity index (χ0n) is 14.8. The third-order valence-corrected chi connectivity index (χ3v) is 4.06. The Morgan fingerprint density at radius 3 is 2.70 bits per heavy atom. The van der Waals surface area contributed by atoms with Crippen molar-refractivity contribution in [3.8, 4) is 0 Å². The van der Waals surface area contributed by atoms with E-state index >= 15 is 0 Å². The maximum atomic E-state index is 12.2. The van der Waals surface area contributed by atoms with Crippen molar-refractivity contribution < 1.29 is 14.4 Å². The minimum absolute atomic E-state index is 0.0972. The van der Waals surface area contributed by atoms with Gasteiger partial charge in [0.1, 0.15) is 11.0 Å². The van der Waals surface area contributed by atoms with Gasteiger partial charge in [-0.05, 0) is 42.5 Å². The van der Waals surface area contributed by atoms with E-state index in [9.17, 15) is 9.59 Å². The van der Waals surface area contributed by atoms with Crippen molar-refractivity contribution in [1.29, 1.82) is 0 Å². The molecule has 0 atom stereocenters. The summed E-state index contributed by atoms with van der Waals surface area (Å²) in [4.78, 5) is 32.1. The molecule has 3 aromatic rings. The third-order valence-electron chi connectivity index (χ3n) is 3.83. The summed E-state index contributed by atoms with van der Waals surface area (Å²) < 4.78 is 0. The van der Waals surface area contributed by atoms with E-state index in [-0.39, 0.29) is 25.0 Å². The molecule has 0 saturated carbocycles. The molecule has 2 amide bonds. The number of carbonyl (C=O) groups excluding carboxylic acids is 2. The molecular weight excluding hydrogens is 370 g/mol. The van der Waals surface area contributed by atoms with Gasteiger partial charge in [-0.3, -0.25) is 9.59 Å². The van der Waals surface area contributed by atoms with E-state index in [1.54, 1.807) is 30.3 Å². The van der Waals surface area contributed by atoms with Crippen LogP contribution in [-0.4, -0.2) is 52.1 Å². The molecule has 8 nitrogen and oxygen atoms in total. The molecule has 2 aromatic carbocycles. The average molecular weight is 388 g/mol. The Morgan fingerprint density at radius 1 is 1.22 bits per heavy atom. The van der Waals surface area contributed by atoms with E-state index in [4.69, 9.17) is 16.4 Å². The summed E-state index contributed by atoms with van der Waals surface area (Å²) in [5.41, 5.74) is 2.92. The molecule has 0 aliphatic rings. The fraction of sp³-hybridized carbons (Fsp3) is 0.222. The Kier molecular flexibility index (Phi) is 5.56. The SMILES string of the molecule is Cc1ccc(NC(=O)CN(C)C(=O)COn2nnc3ccc(Cl)cc32)cc1. The molecule has 1 heterocycles. The Bertz CT molecular complexity index is 971. The van der Waals surface area contributed by atoms with E-state index in [0.717, 1.165) is 10.4 Å². The van der Waals surface area contributed by atoms with Gasteiger partial charge in [0, 0.05) is 17.8 Å². The summed E-state index contributed by atoms with van der Waals surface area (Å²) in [5, 5.41) is 11.0. The standard InChI is InChI=1S/C18H18ClN5O3/c1-12-3-6-14(7-4-12)20-17(25)10-23(2)18(26)11-27-24-16-9-13(19)5-8-15(16)21-22-24/h3-9H,10-11H2,1-2H3,(H,20,25). The summed E-state index contributed by atoms with van der Waals surface area (Å²) in [6.45, 7) is 1.57. The minimum atomic E-state index is -0.375. The lowest BCUT2D eigenvalue weighted by Crippen LogP contribution is -2.39. The molecule has 0 saturated heterocycles. The van der Waals surface area contributed by atoms with E-state index < -0.39 is 0 Å². The number of halogens is 1. The lowest BCUT2D eigenvalue weighted by atomic mass is 10.2. The first-order chi connectivity index (χ1) is 12.9. The number of nitrogens with one attached hydrogen (secondary N) is 1. The van der Waals surface area contributed by atoms with E-state index in [2.05, 4.69) is 15.6 Å². The fourth-order valence-corrected chi connectivity index (χ4v) is 2.50. The number of nitrogens with zero attached hydrogens (tertiary/aromatic N) is 4. The number of hydrogen-bond donors (Lipinski definition) is 1. The fourth-order valence-electron chi connectivity index (χ4n) is 2.33. The Morgan fingerprint density at radius 2 is 1.96 bits per heavy atom. The number of likely N-dealkylation sites (N-methyl/N-ethyl adjacent to an activating group) is 1. The lowest BCUT2D eigenvalue weighted by Gasteiger charge is -2.17. The quantitative estimate of drug-likeness (QED) is 0.698. The zero-order valence-corrected chi connectivity index (χ0v) is 15.6. The number of carbonyl (C=O) groups is 2. The van der Waals surface area contributed by atoms with Crippen LogP contribution in [0.15, 0.2) is 42.5 Å². The summed E-state index contributed by atoms with van der Waals surface area (Å²) in [5.74, 6) is -0.674. The molecule has 3 rings (SSSR count). The highest BCUT2D eigenvalue weighted by atomic mass is 35.5. The van der Waals surface area contributed by atoms with Crippen molar-refractivity contribution in [2.45, 2.75) is 6.92 Å². The maximum absolute atomic E-state index is 12.2. The van der Waals surface area contributed by atoms with Crippen molar-refractivity contribution in [1.82, 2.24) is 20.1 Å². The average Bonchev–Trinajstić information content (AvgIpc) is 3.03. The van der Waals surface area contributed by atoms with Gasteiger partial charge < -0.3 is 15.1 Å². The van der Waals surface area contributed by atoms with Crippen LogP contribution in [0.5, 0.6) is 0 Å². The Labute approximate surface area is 160 Å². The molecule has 140 valence electrons. The van der Waals surface area contributed by atoms with Crippen LogP contribution < -0.4 is 10.2 Å². The molecular formula is C18H18ClN5O3. The number of aromatic nitrogens is 3. The van der Waals surface area contributed by atoms with Crippen molar-refractivity contribution in [2.24, 2.45) is 0 Å². The molecule has 0 fully saturated rings. The van der Waals surface area contributed by atoms with Crippen LogP contribution in [0.3, 0.4) is 0 Å². The normalized spacial score (nSPS) is 10.6. The number of aryl methyl sites for hydroxylation is 1. The van der Waals surface area contributed by atoms with Crippen molar-refractivity contribution >= 4 is 40.1 Å². The van der Waals surface area contributed by atoms with Crippen LogP contribution in [0.2, 0.25) is 5.02 Å². The van der Waals surface area contributed by atoms with Crippen molar-refractivity contribution in [3.05, 3.63) is 53.1 Å². The van der Waals surface area contributed by atoms with Crippen LogP contribution in [0.1, 0.15) is 5.56 Å². The van der Waals surface area contributed by atoms with E-state index in [0.29, 0.717) is 21.7 Å². The van der Waals surface area contributed by atoms with Gasteiger partial charge >= 0.3 is 0 Å². The number of anilines is 1. The first-order valence-electron chi connectivity index (χ1n) is 8.17. The summed E-state index contributed by atoms with van der Waals surface area (Å²) in [6.07, 6.45) is 0. The molecule has 1 aromatic heterocycles. The van der Waals surface area contributed by atoms with Gasteiger partial charge in [-0.1, -0.05) is 34.1 Å². The highest BCUT2D eigenvalue weighted by Gasteiger charge is 2.15. The molecule has 1 N–H and O–H groups in total. The second-order valence-corrected chi connectivity index (χ2v) is 6.47. The van der Waals surface area contributed by atoms with Crippen molar-refractivity contribution in [2.75, 3.05) is 25.5 Å². The third kappa shape index (κ3) is 4.73. The maximum Gasteiger partial charge on any atom is 0.263 e. The van der Waals surface area contributed by atoms with Gasteiger partial charge in [0.25, 0.3) is 5.91 Å². The molecule has 27 heavy (non-hydrogen) atoms. The predicted octanol–water partition coefficient (Wildman–Crippen LogP) is 1.92. The van der Waals surface area contributed by atoms with Gasteiger partial charge in [-0.15, -0.1) is 5.10 Å². The predicted molar refractivity (Wildman–Crippen MR) is 101 cm³/mol. The summed E-state index contributed by atoms with van der Waals surface area (Å²) in [6, 6.07) is 12.4. The van der Waals surface area contributed by atoms with E-state index in [1.165, 1.54) is 11.9 Å². The molecule has 0 aliphatic carbocycles. The first kappa shape index (κ1) is 18.7. The number of amides is 2. The molecule has 0 unspecified atom stereocenters. The van der Waals surface area contributed by atoms with Crippen LogP contribution in [0.25, 0.3) is 11.0 Å². The summed E-state index contributed by atoms with van der Waals surface area (Å²) >= 11 is 5.95. The van der Waals surface area contributed by atoms with Gasteiger partial charge in [0.15, 0.2) is 6.61 Å². The number of rotatable bonds is 6. The second kappa shape index (κ2) is 8.05. The molecule has 9 heteroatoms. The molecule has 0 bridgehead atoms. The van der Waals surface area contributed by atoms with Crippen LogP contribution in [0.4, 0.5) is 5.69 Å². The number of benzene rings is 2. The van der Waals surface area contributed by atoms with Crippen LogP contribution in [-0.2, 0) is 9.59 Å². The van der Waals surface area contributed by atoms with Gasteiger partial charge in [-0.25, -0.2) is 0 Å². The summed E-state index contributed by atoms with van der Waals surface area (Å²) in [7, 11) is 1.52. The van der Waals surface area contributed by atoms with Crippen LogP contribution in [0, 0.1) is 6.92 Å². The second-order valence-electron chi connectivity index (χ2n) is 6.03. The van der Waals surface area contributed by atoms with Gasteiger partial charge in [0.05, 0.1) is 6.54 Å². The number of fused-ring (bicyclic) bond motifs is 1. The highest BCUT2D eigenvalue weighted by Crippen LogP contribution is 2.16. The monoisotopic (exact) mass is 387 g/mol. The highest BCUT2D eigenvalue weighted by molar-refractivity contribution is 6.31. The smallest absolute Gasteiger partial charge is 0.263 e. The zero-order chi connectivity index (χ0) is 19.4. The minimum Gasteiger partial charge on any atom is -0.385 e. The lowest BCUT2D eigenvalue weighted by molar-refractivity contribution is -0.138. The Hall–Kier alpha value is -3.13. The molecule has 0 spiro atoms. The molecule has 0 aliphatic heterocycles. The Balaban J connectivity index is 1.53. The molecule has 0 radical (unpaired) electrons. The number of hydrogen-bond acceptors (Lipinski definition) is 5.